The van der Waals surface area contributed by atoms with E-state index in [4.69, 9.17) is 5.11 Å². The van der Waals surface area contributed by atoms with E-state index in [0.29, 0.717) is 22.5 Å². The van der Waals surface area contributed by atoms with Crippen LogP contribution in [-0.4, -0.2) is 26.8 Å². The highest BCUT2D eigenvalue weighted by Gasteiger charge is 2.15. The fourth-order valence-electron chi connectivity index (χ4n) is 2.32. The van der Waals surface area contributed by atoms with E-state index in [1.807, 2.05) is 0 Å². The van der Waals surface area contributed by atoms with Crippen molar-refractivity contribution in [3.63, 3.8) is 0 Å². The number of hydrogen-bond donors (Lipinski definition) is 2. The molecule has 0 aliphatic rings. The van der Waals surface area contributed by atoms with Crippen molar-refractivity contribution in [1.29, 1.82) is 0 Å². The molecule has 0 aliphatic heterocycles. The number of carboxylic acid groups (broad SMARTS) is 1. The molecule has 1 heterocycles. The van der Waals surface area contributed by atoms with Crippen LogP contribution in [0.2, 0.25) is 0 Å². The van der Waals surface area contributed by atoms with Crippen LogP contribution in [0.25, 0.3) is 0 Å². The van der Waals surface area contributed by atoms with Gasteiger partial charge in [-0.05, 0) is 25.0 Å². The number of carbonyl (C=O) groups excluding carboxylic acids is 1. The first kappa shape index (κ1) is 16.7. The maximum absolute atomic E-state index is 12.4. The second-order valence-electron chi connectivity index (χ2n) is 5.43. The fraction of sp³-hybridized carbons (Fsp3) is 0.353. The minimum atomic E-state index is -0.935. The zero-order valence-electron chi connectivity index (χ0n) is 13.4. The first-order chi connectivity index (χ1) is 11.0. The molecule has 2 N–H and O–H groups in total. The van der Waals surface area contributed by atoms with Crippen LogP contribution in [0.5, 0.6) is 0 Å². The van der Waals surface area contributed by atoms with Gasteiger partial charge in [0.05, 0.1) is 17.7 Å². The Morgan fingerprint density at radius 2 is 2.04 bits per heavy atom. The minimum absolute atomic E-state index is 0.134. The van der Waals surface area contributed by atoms with Crippen molar-refractivity contribution in [3.8, 4) is 0 Å². The predicted octanol–water partition coefficient (Wildman–Crippen LogP) is 2.87. The molecule has 0 radical (unpaired) electrons. The summed E-state index contributed by atoms with van der Waals surface area (Å²) in [5, 5.41) is 16.1. The number of nitrogens with one attached hydrogen (secondary N) is 1. The van der Waals surface area contributed by atoms with Crippen molar-refractivity contribution >= 4 is 17.6 Å². The molecule has 0 atom stereocenters. The molecule has 122 valence electrons. The summed E-state index contributed by atoms with van der Waals surface area (Å²) < 4.78 is 1.77. The van der Waals surface area contributed by atoms with Crippen LogP contribution < -0.4 is 5.32 Å². The Labute approximate surface area is 135 Å². The third kappa shape index (κ3) is 4.42. The standard InChI is InChI=1S/C17H21N3O3/c1-3-4-9-20-11-14(12(2)19-20)17(23)18-15-8-6-5-7-13(15)10-16(21)22/h5-8,11H,3-4,9-10H2,1-2H3,(H,18,23)(H,21,22). The molecule has 1 aromatic carbocycles. The van der Waals surface area contributed by atoms with Crippen LogP contribution >= 0.6 is 0 Å². The summed E-state index contributed by atoms with van der Waals surface area (Å²) in [7, 11) is 0. The lowest BCUT2D eigenvalue weighted by atomic mass is 10.1. The number of aliphatic carboxylic acids is 1. The number of aryl methyl sites for hydroxylation is 2. The Morgan fingerprint density at radius 1 is 1.30 bits per heavy atom. The average molecular weight is 315 g/mol. The first-order valence-corrected chi connectivity index (χ1v) is 7.66. The van der Waals surface area contributed by atoms with E-state index in [0.717, 1.165) is 19.4 Å². The number of amides is 1. The largest absolute Gasteiger partial charge is 0.481 e. The van der Waals surface area contributed by atoms with Gasteiger partial charge in [-0.1, -0.05) is 31.5 Å². The van der Waals surface area contributed by atoms with Crippen molar-refractivity contribution < 1.29 is 14.7 Å². The van der Waals surface area contributed by atoms with Gasteiger partial charge in [-0.15, -0.1) is 0 Å². The van der Waals surface area contributed by atoms with Crippen LogP contribution in [0.15, 0.2) is 30.5 Å². The number of anilines is 1. The Balaban J connectivity index is 2.16. The van der Waals surface area contributed by atoms with Crippen LogP contribution in [0.3, 0.4) is 0 Å². The number of carboxylic acids is 1. The lowest BCUT2D eigenvalue weighted by Gasteiger charge is -2.09. The summed E-state index contributed by atoms with van der Waals surface area (Å²) in [5.74, 6) is -1.21. The van der Waals surface area contributed by atoms with Crippen LogP contribution in [-0.2, 0) is 17.8 Å². The molecule has 1 amide bonds. The van der Waals surface area contributed by atoms with E-state index < -0.39 is 5.97 Å². The van der Waals surface area contributed by atoms with Crippen LogP contribution in [0.1, 0.15) is 41.4 Å². The van der Waals surface area contributed by atoms with E-state index >= 15 is 0 Å². The molecule has 0 fully saturated rings. The average Bonchev–Trinajstić information content (AvgIpc) is 2.87. The molecule has 6 nitrogen and oxygen atoms in total. The maximum atomic E-state index is 12.4. The normalized spacial score (nSPS) is 10.5. The molecular formula is C17H21N3O3. The summed E-state index contributed by atoms with van der Waals surface area (Å²) >= 11 is 0. The lowest BCUT2D eigenvalue weighted by molar-refractivity contribution is -0.136. The Hall–Kier alpha value is -2.63. The van der Waals surface area contributed by atoms with E-state index in [-0.39, 0.29) is 12.3 Å². The van der Waals surface area contributed by atoms with Crippen molar-refractivity contribution in [1.82, 2.24) is 9.78 Å². The molecule has 0 saturated carbocycles. The van der Waals surface area contributed by atoms with E-state index in [2.05, 4.69) is 17.3 Å². The summed E-state index contributed by atoms with van der Waals surface area (Å²) in [4.78, 5) is 23.4. The van der Waals surface area contributed by atoms with Gasteiger partial charge in [-0.2, -0.15) is 5.10 Å². The van der Waals surface area contributed by atoms with E-state index in [1.54, 1.807) is 42.1 Å². The summed E-state index contributed by atoms with van der Waals surface area (Å²) in [6.45, 7) is 4.67. The third-order valence-corrected chi connectivity index (χ3v) is 3.54. The first-order valence-electron chi connectivity index (χ1n) is 7.66. The van der Waals surface area contributed by atoms with Gasteiger partial charge < -0.3 is 10.4 Å². The number of benzene rings is 1. The van der Waals surface area contributed by atoms with E-state index in [9.17, 15) is 9.59 Å². The van der Waals surface area contributed by atoms with Gasteiger partial charge in [0.25, 0.3) is 5.91 Å². The van der Waals surface area contributed by atoms with Crippen molar-refractivity contribution in [3.05, 3.63) is 47.3 Å². The van der Waals surface area contributed by atoms with Gasteiger partial charge in [-0.3, -0.25) is 14.3 Å². The zero-order chi connectivity index (χ0) is 16.8. The predicted molar refractivity (Wildman–Crippen MR) is 87.6 cm³/mol. The number of hydrogen-bond acceptors (Lipinski definition) is 3. The second-order valence-corrected chi connectivity index (χ2v) is 5.43. The smallest absolute Gasteiger partial charge is 0.307 e. The van der Waals surface area contributed by atoms with E-state index in [1.165, 1.54) is 0 Å². The molecule has 0 unspecified atom stereocenters. The van der Waals surface area contributed by atoms with Crippen LogP contribution in [0.4, 0.5) is 5.69 Å². The SMILES string of the molecule is CCCCn1cc(C(=O)Nc2ccccc2CC(=O)O)c(C)n1. The van der Waals surface area contributed by atoms with Gasteiger partial charge >= 0.3 is 5.97 Å². The van der Waals surface area contributed by atoms with Gasteiger partial charge in [0.15, 0.2) is 0 Å². The van der Waals surface area contributed by atoms with Crippen molar-refractivity contribution in [2.45, 2.75) is 39.7 Å². The van der Waals surface area contributed by atoms with Gasteiger partial charge in [0.2, 0.25) is 0 Å². The number of unbranched alkanes of at least 4 members (excludes halogenated alkanes) is 1. The Bertz CT molecular complexity index is 707. The molecule has 2 rings (SSSR count). The van der Waals surface area contributed by atoms with Crippen molar-refractivity contribution in [2.75, 3.05) is 5.32 Å². The monoisotopic (exact) mass is 315 g/mol. The number of para-hydroxylation sites is 1. The molecule has 0 aliphatic carbocycles. The summed E-state index contributed by atoms with van der Waals surface area (Å²) in [6, 6.07) is 6.91. The third-order valence-electron chi connectivity index (χ3n) is 3.54. The minimum Gasteiger partial charge on any atom is -0.481 e. The lowest BCUT2D eigenvalue weighted by Crippen LogP contribution is -2.14. The van der Waals surface area contributed by atoms with Gasteiger partial charge in [0.1, 0.15) is 0 Å². The van der Waals surface area contributed by atoms with Crippen LogP contribution in [0, 0.1) is 6.92 Å². The zero-order valence-corrected chi connectivity index (χ0v) is 13.4. The fourth-order valence-corrected chi connectivity index (χ4v) is 2.32. The molecule has 2 aromatic rings. The summed E-state index contributed by atoms with van der Waals surface area (Å²) in [5.41, 5.74) is 2.26. The molecule has 23 heavy (non-hydrogen) atoms. The van der Waals surface area contributed by atoms with Crippen molar-refractivity contribution in [2.24, 2.45) is 0 Å². The Kier molecular flexibility index (Phi) is 5.51. The summed E-state index contributed by atoms with van der Waals surface area (Å²) in [6.07, 6.45) is 3.66. The number of carbonyl (C=O) groups is 2. The number of aromatic nitrogens is 2. The number of nitrogens with zero attached hydrogens (tertiary/aromatic N) is 2. The molecule has 0 bridgehead atoms. The highest BCUT2D eigenvalue weighted by atomic mass is 16.4. The number of rotatable bonds is 7. The molecule has 0 spiro atoms. The quantitative estimate of drug-likeness (QED) is 0.823. The molecular weight excluding hydrogens is 294 g/mol. The maximum Gasteiger partial charge on any atom is 0.307 e. The Morgan fingerprint density at radius 3 is 2.74 bits per heavy atom. The second kappa shape index (κ2) is 7.58. The molecule has 0 saturated heterocycles. The highest BCUT2D eigenvalue weighted by molar-refractivity contribution is 6.05. The van der Waals surface area contributed by atoms with Gasteiger partial charge in [0, 0.05) is 18.4 Å². The molecule has 6 heteroatoms. The highest BCUT2D eigenvalue weighted by Crippen LogP contribution is 2.18. The van der Waals surface area contributed by atoms with Gasteiger partial charge in [-0.25, -0.2) is 0 Å². The topological polar surface area (TPSA) is 84.2 Å². The molecule has 1 aromatic heterocycles.